The van der Waals surface area contributed by atoms with E-state index in [1.165, 1.54) is 5.56 Å². The monoisotopic (exact) mass is 649 g/mol. The molecular formula is C19H35N7O10Zn2. The van der Waals surface area contributed by atoms with E-state index in [1.807, 2.05) is 12.1 Å². The van der Waals surface area contributed by atoms with Gasteiger partial charge in [0, 0.05) is 39.3 Å². The molecule has 19 heteroatoms. The second-order valence-corrected chi connectivity index (χ2v) is 8.17. The van der Waals surface area contributed by atoms with Crippen molar-refractivity contribution in [3.05, 3.63) is 74.8 Å². The maximum Gasteiger partial charge on any atom is 2.00 e. The Labute approximate surface area is 247 Å². The molecule has 0 spiro atoms. The molecule has 0 aromatic heterocycles. The predicted molar refractivity (Wildman–Crippen MR) is 131 cm³/mol. The molecule has 0 fully saturated rings. The van der Waals surface area contributed by atoms with Gasteiger partial charge < -0.3 is 70.7 Å². The average molecular weight is 652 g/mol. The zero-order valence-electron chi connectivity index (χ0n) is 23.0. The molecule has 0 aliphatic rings. The van der Waals surface area contributed by atoms with Gasteiger partial charge in [-0.2, -0.15) is 0 Å². The molecule has 1 rings (SSSR count). The molecule has 17 nitrogen and oxygen atoms in total. The van der Waals surface area contributed by atoms with Crippen LogP contribution in [0.5, 0.6) is 5.75 Å². The molecule has 0 aliphatic heterocycles. The van der Waals surface area contributed by atoms with E-state index in [2.05, 4.69) is 68.8 Å². The van der Waals surface area contributed by atoms with Crippen LogP contribution >= 0.6 is 0 Å². The van der Waals surface area contributed by atoms with Crippen LogP contribution < -0.4 is 5.11 Å². The van der Waals surface area contributed by atoms with Crippen molar-refractivity contribution in [3.63, 3.8) is 0 Å². The SMILES string of the molecule is Cc1cc(CN(C)CCN(C)C)c([O-])c(CN(C)CCN(C)C)c1.O=[N+]([O-])[O-].O=[N+]([O-])[O-].O=[N+]([O-])[O-].[Zn+2].[Zn+2]. The average Bonchev–Trinajstić information content (AvgIpc) is 2.67. The van der Waals surface area contributed by atoms with E-state index in [4.69, 9.17) is 46.0 Å². The van der Waals surface area contributed by atoms with Crippen molar-refractivity contribution >= 4 is 0 Å². The minimum Gasteiger partial charge on any atom is -0.872 e. The summed E-state index contributed by atoms with van der Waals surface area (Å²) in [4.78, 5) is 33.5. The summed E-state index contributed by atoms with van der Waals surface area (Å²) in [6, 6.07) is 4.08. The van der Waals surface area contributed by atoms with E-state index in [-0.39, 0.29) is 44.7 Å². The number of nitrogens with zero attached hydrogens (tertiary/aromatic N) is 7. The van der Waals surface area contributed by atoms with Crippen LogP contribution in [0.15, 0.2) is 12.1 Å². The molecule has 38 heavy (non-hydrogen) atoms. The van der Waals surface area contributed by atoms with Crippen molar-refractivity contribution in [3.8, 4) is 5.75 Å². The second kappa shape index (κ2) is 26.3. The van der Waals surface area contributed by atoms with Crippen LogP contribution in [0, 0.1) is 52.9 Å². The maximum absolute atomic E-state index is 12.8. The van der Waals surface area contributed by atoms with Gasteiger partial charge in [-0.05, 0) is 60.3 Å². The van der Waals surface area contributed by atoms with Crippen molar-refractivity contribution < 1.29 is 59.3 Å². The van der Waals surface area contributed by atoms with Crippen molar-refractivity contribution in [1.82, 2.24) is 19.6 Å². The fraction of sp³-hybridized carbons (Fsp3) is 0.684. The van der Waals surface area contributed by atoms with E-state index >= 15 is 0 Å². The van der Waals surface area contributed by atoms with Crippen LogP contribution in [0.1, 0.15) is 16.7 Å². The molecular weight excluding hydrogens is 617 g/mol. The van der Waals surface area contributed by atoms with Crippen LogP contribution in [0.2, 0.25) is 0 Å². The number of hydrogen-bond acceptors (Lipinski definition) is 14. The first-order valence-corrected chi connectivity index (χ1v) is 10.3. The number of hydrogen-bond donors (Lipinski definition) is 0. The Hall–Kier alpha value is -2.29. The summed E-state index contributed by atoms with van der Waals surface area (Å²) in [6.45, 7) is 7.40. The molecule has 0 bridgehead atoms. The van der Waals surface area contributed by atoms with E-state index in [1.54, 1.807) is 0 Å². The third kappa shape index (κ3) is 35.9. The molecule has 1 aromatic carbocycles. The van der Waals surface area contributed by atoms with Gasteiger partial charge in [0.1, 0.15) is 0 Å². The Morgan fingerprint density at radius 2 is 0.842 bits per heavy atom. The van der Waals surface area contributed by atoms with E-state index in [0.717, 1.165) is 37.3 Å². The maximum atomic E-state index is 12.8. The summed E-state index contributed by atoms with van der Waals surface area (Å²) >= 11 is 0. The third-order valence-electron chi connectivity index (χ3n) is 4.13. The molecule has 0 unspecified atom stereocenters. The number of rotatable bonds is 10. The topological polar surface area (TPSA) is 235 Å². The summed E-state index contributed by atoms with van der Waals surface area (Å²) < 4.78 is 0. The molecule has 0 saturated heterocycles. The van der Waals surface area contributed by atoms with Gasteiger partial charge in [0.25, 0.3) is 0 Å². The Kier molecular flexibility index (Phi) is 31.6. The standard InChI is InChI=1S/C19H36N4O.3NO3.2Zn/c1-16-12-17(14-22(6)10-8-20(2)3)19(24)18(13-16)15-23(7)11-9-21(4)5;3*2-1(3)4;;/h12-13,24H,8-11,14-15H2,1-7H3;;;;;/q;3*-1;2*+2/p-1. The van der Waals surface area contributed by atoms with Crippen LogP contribution in [-0.4, -0.2) is 103 Å². The largest absolute Gasteiger partial charge is 2.00 e. The summed E-state index contributed by atoms with van der Waals surface area (Å²) in [5.74, 6) is 0.203. The molecule has 1 aromatic rings. The van der Waals surface area contributed by atoms with E-state index < -0.39 is 15.3 Å². The number of benzene rings is 1. The van der Waals surface area contributed by atoms with Gasteiger partial charge in [-0.1, -0.05) is 23.4 Å². The quantitative estimate of drug-likeness (QED) is 0.188. The Morgan fingerprint density at radius 3 is 1.05 bits per heavy atom. The normalized spacial score (nSPS) is 9.55. The zero-order valence-corrected chi connectivity index (χ0v) is 29.0. The molecule has 0 aliphatic carbocycles. The summed E-state index contributed by atoms with van der Waals surface area (Å²) in [6.07, 6.45) is 0. The zero-order chi connectivity index (χ0) is 29.0. The van der Waals surface area contributed by atoms with Crippen molar-refractivity contribution in [2.24, 2.45) is 0 Å². The summed E-state index contributed by atoms with van der Waals surface area (Å²) in [5.41, 5.74) is 2.99. The molecule has 0 heterocycles. The van der Waals surface area contributed by atoms with Gasteiger partial charge in [-0.3, -0.25) is 0 Å². The van der Waals surface area contributed by atoms with Crippen molar-refractivity contribution in [2.45, 2.75) is 20.0 Å². The van der Waals surface area contributed by atoms with Crippen LogP contribution in [0.4, 0.5) is 0 Å². The molecule has 0 saturated carbocycles. The smallest absolute Gasteiger partial charge is 0.872 e. The third-order valence-corrected chi connectivity index (χ3v) is 4.13. The molecule has 0 atom stereocenters. The van der Waals surface area contributed by atoms with Crippen molar-refractivity contribution in [2.75, 3.05) is 68.5 Å². The van der Waals surface area contributed by atoms with Gasteiger partial charge in [0.2, 0.25) is 0 Å². The first-order chi connectivity index (χ1) is 16.4. The van der Waals surface area contributed by atoms with Crippen LogP contribution in [-0.2, 0) is 52.0 Å². The number of aryl methyl sites for hydroxylation is 1. The van der Waals surface area contributed by atoms with Crippen molar-refractivity contribution in [1.29, 1.82) is 0 Å². The Balaban J connectivity index is -0.000000218. The first kappa shape index (κ1) is 45.6. The minimum absolute atomic E-state index is 0. The fourth-order valence-electron chi connectivity index (χ4n) is 2.64. The Bertz CT molecular complexity index is 711. The van der Waals surface area contributed by atoms with Gasteiger partial charge in [0.05, 0.1) is 15.3 Å². The molecule has 0 N–H and O–H groups in total. The molecule has 0 amide bonds. The van der Waals surface area contributed by atoms with E-state index in [0.29, 0.717) is 13.1 Å². The Morgan fingerprint density at radius 1 is 0.605 bits per heavy atom. The number of likely N-dealkylation sites (N-methyl/N-ethyl adjacent to an activating group) is 4. The van der Waals surface area contributed by atoms with Crippen LogP contribution in [0.3, 0.4) is 0 Å². The predicted octanol–water partition coefficient (Wildman–Crippen LogP) is 0.333. The van der Waals surface area contributed by atoms with Crippen LogP contribution in [0.25, 0.3) is 0 Å². The van der Waals surface area contributed by atoms with E-state index in [9.17, 15) is 5.11 Å². The second-order valence-electron chi connectivity index (χ2n) is 8.17. The van der Waals surface area contributed by atoms with Gasteiger partial charge in [-0.15, -0.1) is 0 Å². The fourth-order valence-corrected chi connectivity index (χ4v) is 2.64. The molecule has 0 radical (unpaired) electrons. The van der Waals surface area contributed by atoms with Gasteiger partial charge >= 0.3 is 39.0 Å². The van der Waals surface area contributed by atoms with Gasteiger partial charge in [0.15, 0.2) is 0 Å². The summed E-state index contributed by atoms with van der Waals surface area (Å²) in [5, 5.41) is 57.0. The minimum atomic E-state index is -1.75. The summed E-state index contributed by atoms with van der Waals surface area (Å²) in [7, 11) is 12.4. The van der Waals surface area contributed by atoms with Gasteiger partial charge in [-0.25, -0.2) is 0 Å². The first-order valence-electron chi connectivity index (χ1n) is 10.3. The molecule has 210 valence electrons.